The lowest BCUT2D eigenvalue weighted by molar-refractivity contribution is -0.0313. The first-order valence-corrected chi connectivity index (χ1v) is 9.67. The van der Waals surface area contributed by atoms with Gasteiger partial charge < -0.3 is 5.11 Å². The second-order valence-corrected chi connectivity index (χ2v) is 9.01. The van der Waals surface area contributed by atoms with Crippen LogP contribution in [0.2, 0.25) is 0 Å². The van der Waals surface area contributed by atoms with Gasteiger partial charge >= 0.3 is 0 Å². The summed E-state index contributed by atoms with van der Waals surface area (Å²) in [4.78, 5) is 5.87. The molecule has 0 saturated heterocycles. The van der Waals surface area contributed by atoms with Crippen LogP contribution in [0.5, 0.6) is 0 Å². The van der Waals surface area contributed by atoms with E-state index in [1.807, 2.05) is 13.0 Å². The van der Waals surface area contributed by atoms with E-state index in [0.29, 0.717) is 5.92 Å². The van der Waals surface area contributed by atoms with E-state index in [1.54, 1.807) is 11.3 Å². The summed E-state index contributed by atoms with van der Waals surface area (Å²) in [5, 5.41) is 9.93. The van der Waals surface area contributed by atoms with Gasteiger partial charge in [0, 0.05) is 5.56 Å². The molecule has 0 unspecified atom stereocenters. The number of aliphatic hydroxyl groups is 1. The van der Waals surface area contributed by atoms with Gasteiger partial charge in [-0.15, -0.1) is 11.3 Å². The minimum atomic E-state index is -0.483. The van der Waals surface area contributed by atoms with Crippen molar-refractivity contribution in [3.8, 4) is 21.7 Å². The molecule has 1 fully saturated rings. The molecule has 1 aliphatic carbocycles. The zero-order valence-corrected chi connectivity index (χ0v) is 15.8. The first-order valence-electron chi connectivity index (χ1n) is 8.06. The molecule has 1 aromatic heterocycles. The van der Waals surface area contributed by atoms with Crippen LogP contribution in [-0.4, -0.2) is 15.7 Å². The molecule has 122 valence electrons. The van der Waals surface area contributed by atoms with E-state index in [2.05, 4.69) is 69.4 Å². The monoisotopic (exact) mass is 399 g/mol. The Morgan fingerprint density at radius 3 is 2.33 bits per heavy atom. The van der Waals surface area contributed by atoms with E-state index < -0.39 is 5.60 Å². The molecule has 4 heteroatoms. The fraction of sp³-hybridized carbons (Fsp3) is 0.250. The van der Waals surface area contributed by atoms with E-state index in [9.17, 15) is 5.11 Å². The molecule has 0 radical (unpaired) electrons. The smallest absolute Gasteiger partial charge is 0.160 e. The maximum atomic E-state index is 9.93. The summed E-state index contributed by atoms with van der Waals surface area (Å²) < 4.78 is 0.899. The average molecular weight is 400 g/mol. The second-order valence-electron chi connectivity index (χ2n) is 6.73. The maximum Gasteiger partial charge on any atom is 0.160 e. The summed E-state index contributed by atoms with van der Waals surface area (Å²) in [5.74, 6) is 0.477. The van der Waals surface area contributed by atoms with E-state index >= 15 is 0 Å². The Balaban J connectivity index is 1.65. The molecule has 4 rings (SSSR count). The highest BCUT2D eigenvalue weighted by molar-refractivity contribution is 9.11. The third kappa shape index (κ3) is 3.06. The lowest BCUT2D eigenvalue weighted by atomic mass is 9.69. The van der Waals surface area contributed by atoms with Gasteiger partial charge in [0.15, 0.2) is 3.92 Å². The molecule has 3 aromatic rings. The van der Waals surface area contributed by atoms with Crippen LogP contribution < -0.4 is 0 Å². The summed E-state index contributed by atoms with van der Waals surface area (Å²) in [6, 6.07) is 19.0. The standard InChI is InChI=1S/C20H18BrNOS/c1-20(23)11-16(12-20)13-7-9-14(10-8-13)17-18(24-19(21)22-17)15-5-3-2-4-6-15/h2-10,16,23H,11-12H2,1H3. The number of benzene rings is 2. The largest absolute Gasteiger partial charge is 0.390 e. The Morgan fingerprint density at radius 2 is 1.71 bits per heavy atom. The van der Waals surface area contributed by atoms with Gasteiger partial charge in [-0.3, -0.25) is 0 Å². The van der Waals surface area contributed by atoms with Gasteiger partial charge in [-0.25, -0.2) is 4.98 Å². The summed E-state index contributed by atoms with van der Waals surface area (Å²) in [6.07, 6.45) is 1.70. The Bertz CT molecular complexity index is 847. The number of halogens is 1. The van der Waals surface area contributed by atoms with Crippen molar-refractivity contribution >= 4 is 27.3 Å². The first kappa shape index (κ1) is 16.0. The number of aromatic nitrogens is 1. The van der Waals surface area contributed by atoms with Crippen molar-refractivity contribution in [3.63, 3.8) is 0 Å². The highest BCUT2D eigenvalue weighted by atomic mass is 79.9. The number of nitrogens with zero attached hydrogens (tertiary/aromatic N) is 1. The van der Waals surface area contributed by atoms with Gasteiger partial charge in [-0.1, -0.05) is 54.6 Å². The van der Waals surface area contributed by atoms with Crippen LogP contribution in [0, 0.1) is 0 Å². The Labute approximate surface area is 154 Å². The van der Waals surface area contributed by atoms with Crippen LogP contribution in [0.4, 0.5) is 0 Å². The maximum absolute atomic E-state index is 9.93. The van der Waals surface area contributed by atoms with Crippen molar-refractivity contribution in [2.24, 2.45) is 0 Å². The van der Waals surface area contributed by atoms with E-state index in [-0.39, 0.29) is 0 Å². The molecule has 0 amide bonds. The average Bonchev–Trinajstić information content (AvgIpc) is 2.95. The lowest BCUT2D eigenvalue weighted by Crippen LogP contribution is -2.39. The minimum Gasteiger partial charge on any atom is -0.390 e. The van der Waals surface area contributed by atoms with Crippen LogP contribution in [0.15, 0.2) is 58.5 Å². The third-order valence-electron chi connectivity index (χ3n) is 4.66. The van der Waals surface area contributed by atoms with Crippen LogP contribution in [0.25, 0.3) is 21.7 Å². The minimum absolute atomic E-state index is 0.477. The Kier molecular flexibility index (Phi) is 4.07. The van der Waals surface area contributed by atoms with Crippen LogP contribution >= 0.6 is 27.3 Å². The van der Waals surface area contributed by atoms with Gasteiger partial charge in [0.25, 0.3) is 0 Å². The van der Waals surface area contributed by atoms with E-state index in [1.165, 1.54) is 16.0 Å². The van der Waals surface area contributed by atoms with Crippen molar-refractivity contribution in [3.05, 3.63) is 64.1 Å². The normalized spacial score (nSPS) is 23.0. The number of thiazole rings is 1. The molecule has 1 N–H and O–H groups in total. The number of hydrogen-bond acceptors (Lipinski definition) is 3. The molecule has 0 aliphatic heterocycles. The number of rotatable bonds is 3. The molecule has 0 bridgehead atoms. The molecule has 2 aromatic carbocycles. The summed E-state index contributed by atoms with van der Waals surface area (Å²) in [7, 11) is 0. The molecule has 1 aliphatic rings. The summed E-state index contributed by atoms with van der Waals surface area (Å²) in [5.41, 5.74) is 4.16. The molecular formula is C20H18BrNOS. The van der Waals surface area contributed by atoms with Crippen molar-refractivity contribution < 1.29 is 5.11 Å². The van der Waals surface area contributed by atoms with Gasteiger partial charge in [-0.05, 0) is 52.7 Å². The van der Waals surface area contributed by atoms with Gasteiger partial charge in [0.05, 0.1) is 16.2 Å². The van der Waals surface area contributed by atoms with Crippen LogP contribution in [0.1, 0.15) is 31.2 Å². The van der Waals surface area contributed by atoms with Gasteiger partial charge in [0.2, 0.25) is 0 Å². The zero-order chi connectivity index (χ0) is 16.7. The molecular weight excluding hydrogens is 382 g/mol. The van der Waals surface area contributed by atoms with Gasteiger partial charge in [-0.2, -0.15) is 0 Å². The number of hydrogen-bond donors (Lipinski definition) is 1. The predicted octanol–water partition coefficient (Wildman–Crippen LogP) is 5.87. The quantitative estimate of drug-likeness (QED) is 0.597. The SMILES string of the molecule is CC1(O)CC(c2ccc(-c3nc(Br)sc3-c3ccccc3)cc2)C1. The molecule has 2 nitrogen and oxygen atoms in total. The van der Waals surface area contributed by atoms with Crippen LogP contribution in [0.3, 0.4) is 0 Å². The Hall–Kier alpha value is -1.49. The topological polar surface area (TPSA) is 33.1 Å². The first-order chi connectivity index (χ1) is 11.5. The Morgan fingerprint density at radius 1 is 1.04 bits per heavy atom. The van der Waals surface area contributed by atoms with Gasteiger partial charge in [0.1, 0.15) is 0 Å². The second kappa shape index (κ2) is 6.10. The van der Waals surface area contributed by atoms with Crippen molar-refractivity contribution in [2.75, 3.05) is 0 Å². The predicted molar refractivity (Wildman–Crippen MR) is 103 cm³/mol. The van der Waals surface area contributed by atoms with Crippen LogP contribution in [-0.2, 0) is 0 Å². The van der Waals surface area contributed by atoms with Crippen molar-refractivity contribution in [1.29, 1.82) is 0 Å². The molecule has 24 heavy (non-hydrogen) atoms. The molecule has 0 spiro atoms. The fourth-order valence-corrected chi connectivity index (χ4v) is 4.91. The van der Waals surface area contributed by atoms with Crippen molar-refractivity contribution in [2.45, 2.75) is 31.3 Å². The zero-order valence-electron chi connectivity index (χ0n) is 13.4. The highest BCUT2D eigenvalue weighted by Crippen LogP contribution is 2.45. The lowest BCUT2D eigenvalue weighted by Gasteiger charge is -2.41. The summed E-state index contributed by atoms with van der Waals surface area (Å²) >= 11 is 5.19. The van der Waals surface area contributed by atoms with Crippen molar-refractivity contribution in [1.82, 2.24) is 4.98 Å². The summed E-state index contributed by atoms with van der Waals surface area (Å²) in [6.45, 7) is 1.91. The van der Waals surface area contributed by atoms with E-state index in [4.69, 9.17) is 0 Å². The fourth-order valence-electron chi connectivity index (χ4n) is 3.43. The highest BCUT2D eigenvalue weighted by Gasteiger charge is 2.38. The van der Waals surface area contributed by atoms with E-state index in [0.717, 1.165) is 28.0 Å². The molecule has 1 heterocycles. The third-order valence-corrected chi connectivity index (χ3v) is 6.22. The molecule has 1 saturated carbocycles. The molecule has 0 atom stereocenters.